The van der Waals surface area contributed by atoms with E-state index < -0.39 is 0 Å². The van der Waals surface area contributed by atoms with Gasteiger partial charge in [-0.05, 0) is 12.2 Å². The van der Waals surface area contributed by atoms with Gasteiger partial charge in [-0.1, -0.05) is 20.3 Å². The minimum Gasteiger partial charge on any atom is -0.369 e. The van der Waals surface area contributed by atoms with Crippen LogP contribution in [0.2, 0.25) is 0 Å². The largest absolute Gasteiger partial charge is 0.369 e. The molecule has 0 fully saturated rings. The second kappa shape index (κ2) is 5.59. The Kier molecular flexibility index (Phi) is 5.49. The summed E-state index contributed by atoms with van der Waals surface area (Å²) >= 11 is 1.63. The highest BCUT2D eigenvalue weighted by Crippen LogP contribution is 2.14. The molecule has 1 unspecified atom stereocenters. The lowest BCUT2D eigenvalue weighted by Crippen LogP contribution is -2.25. The fourth-order valence-electron chi connectivity index (χ4n) is 0.771. The van der Waals surface area contributed by atoms with E-state index in [2.05, 4.69) is 6.92 Å². The maximum Gasteiger partial charge on any atom is 0.230 e. The maximum absolute atomic E-state index is 10.7. The van der Waals surface area contributed by atoms with E-state index in [9.17, 15) is 4.79 Å². The van der Waals surface area contributed by atoms with Crippen LogP contribution >= 0.6 is 11.8 Å². The molecule has 0 aliphatic heterocycles. The second-order valence-electron chi connectivity index (χ2n) is 2.14. The van der Waals surface area contributed by atoms with E-state index in [-0.39, 0.29) is 11.2 Å². The summed E-state index contributed by atoms with van der Waals surface area (Å²) in [5.74, 6) is 0.793. The summed E-state index contributed by atoms with van der Waals surface area (Å²) in [5, 5.41) is 0.0370. The molecule has 0 aliphatic carbocycles. The minimum atomic E-state index is -0.172. The van der Waals surface area contributed by atoms with Crippen molar-refractivity contribution in [1.82, 2.24) is 0 Å². The molecular weight excluding hydrogens is 146 g/mol. The molecule has 10 heavy (non-hydrogen) atoms. The summed E-state index contributed by atoms with van der Waals surface area (Å²) in [7, 11) is 0. The van der Waals surface area contributed by atoms with Crippen molar-refractivity contribution in [1.29, 1.82) is 0 Å². The van der Waals surface area contributed by atoms with Gasteiger partial charge in [0.25, 0.3) is 0 Å². The topological polar surface area (TPSA) is 43.1 Å². The van der Waals surface area contributed by atoms with Gasteiger partial charge < -0.3 is 5.73 Å². The predicted octanol–water partition coefficient (Wildman–Crippen LogP) is 1.39. The predicted molar refractivity (Wildman–Crippen MR) is 46.0 cm³/mol. The number of primary amides is 1. The Hall–Kier alpha value is -0.180. The second-order valence-corrected chi connectivity index (χ2v) is 3.61. The highest BCUT2D eigenvalue weighted by atomic mass is 32.2. The SMILES string of the molecule is CCCC(SCC)C(N)=O. The van der Waals surface area contributed by atoms with Crippen LogP contribution < -0.4 is 5.73 Å². The lowest BCUT2D eigenvalue weighted by molar-refractivity contribution is -0.117. The van der Waals surface area contributed by atoms with E-state index in [1.807, 2.05) is 6.92 Å². The zero-order valence-electron chi connectivity index (χ0n) is 6.59. The summed E-state index contributed by atoms with van der Waals surface area (Å²) in [6.45, 7) is 4.10. The minimum absolute atomic E-state index is 0.0370. The fraction of sp³-hybridized carbons (Fsp3) is 0.857. The van der Waals surface area contributed by atoms with Gasteiger partial charge in [0.15, 0.2) is 0 Å². The van der Waals surface area contributed by atoms with E-state index >= 15 is 0 Å². The van der Waals surface area contributed by atoms with Crippen LogP contribution in [0.4, 0.5) is 0 Å². The van der Waals surface area contributed by atoms with Gasteiger partial charge in [0.05, 0.1) is 5.25 Å². The quantitative estimate of drug-likeness (QED) is 0.662. The molecule has 0 spiro atoms. The molecule has 1 amide bonds. The number of nitrogens with two attached hydrogens (primary N) is 1. The summed E-state index contributed by atoms with van der Waals surface area (Å²) in [6.07, 6.45) is 1.94. The summed E-state index contributed by atoms with van der Waals surface area (Å²) < 4.78 is 0. The van der Waals surface area contributed by atoms with Crippen LogP contribution in [0.3, 0.4) is 0 Å². The van der Waals surface area contributed by atoms with Crippen LogP contribution in [-0.4, -0.2) is 16.9 Å². The first-order chi connectivity index (χ1) is 4.72. The molecule has 0 saturated heterocycles. The van der Waals surface area contributed by atoms with Gasteiger partial charge >= 0.3 is 0 Å². The first-order valence-corrected chi connectivity index (χ1v) is 4.68. The van der Waals surface area contributed by atoms with E-state index in [0.717, 1.165) is 18.6 Å². The van der Waals surface area contributed by atoms with Gasteiger partial charge in [-0.2, -0.15) is 0 Å². The number of rotatable bonds is 5. The first kappa shape index (κ1) is 9.82. The molecule has 0 aromatic heterocycles. The van der Waals surface area contributed by atoms with Crippen LogP contribution in [0.1, 0.15) is 26.7 Å². The average molecular weight is 161 g/mol. The number of carbonyl (C=O) groups is 1. The Bertz CT molecular complexity index is 99.8. The Morgan fingerprint density at radius 3 is 2.50 bits per heavy atom. The molecular formula is C7H15NOS. The van der Waals surface area contributed by atoms with E-state index in [4.69, 9.17) is 5.73 Å². The monoisotopic (exact) mass is 161 g/mol. The van der Waals surface area contributed by atoms with E-state index in [1.54, 1.807) is 11.8 Å². The smallest absolute Gasteiger partial charge is 0.230 e. The Morgan fingerprint density at radius 2 is 2.20 bits per heavy atom. The highest BCUT2D eigenvalue weighted by Gasteiger charge is 2.12. The Balaban J connectivity index is 3.61. The molecule has 0 radical (unpaired) electrons. The highest BCUT2D eigenvalue weighted by molar-refractivity contribution is 8.00. The standard InChI is InChI=1S/C7H15NOS/c1-3-5-6(7(8)9)10-4-2/h6H,3-5H2,1-2H3,(H2,8,9). The average Bonchev–Trinajstić information content (AvgIpc) is 1.87. The summed E-state index contributed by atoms with van der Waals surface area (Å²) in [4.78, 5) is 10.7. The summed E-state index contributed by atoms with van der Waals surface area (Å²) in [6, 6.07) is 0. The van der Waals surface area contributed by atoms with Crippen LogP contribution in [0.15, 0.2) is 0 Å². The van der Waals surface area contributed by atoms with Gasteiger partial charge in [-0.3, -0.25) is 4.79 Å². The van der Waals surface area contributed by atoms with Crippen LogP contribution in [0.25, 0.3) is 0 Å². The van der Waals surface area contributed by atoms with Crippen LogP contribution in [0, 0.1) is 0 Å². The molecule has 2 nitrogen and oxygen atoms in total. The molecule has 0 saturated carbocycles. The lowest BCUT2D eigenvalue weighted by Gasteiger charge is -2.08. The number of carbonyl (C=O) groups excluding carboxylic acids is 1. The van der Waals surface area contributed by atoms with Crippen molar-refractivity contribution in [3.63, 3.8) is 0 Å². The van der Waals surface area contributed by atoms with Crippen LogP contribution in [-0.2, 0) is 4.79 Å². The normalized spacial score (nSPS) is 13.0. The molecule has 0 heterocycles. The van der Waals surface area contributed by atoms with Crippen molar-refractivity contribution in [2.45, 2.75) is 31.9 Å². The molecule has 3 heteroatoms. The molecule has 0 aromatic carbocycles. The van der Waals surface area contributed by atoms with Crippen molar-refractivity contribution >= 4 is 17.7 Å². The lowest BCUT2D eigenvalue weighted by atomic mass is 10.2. The third-order valence-electron chi connectivity index (χ3n) is 1.24. The molecule has 0 bridgehead atoms. The van der Waals surface area contributed by atoms with Crippen molar-refractivity contribution < 1.29 is 4.79 Å². The number of thioether (sulfide) groups is 1. The van der Waals surface area contributed by atoms with E-state index in [1.165, 1.54) is 0 Å². The number of hydrogen-bond donors (Lipinski definition) is 1. The van der Waals surface area contributed by atoms with Crippen molar-refractivity contribution in [2.75, 3.05) is 5.75 Å². The molecule has 0 aromatic rings. The molecule has 60 valence electrons. The molecule has 2 N–H and O–H groups in total. The van der Waals surface area contributed by atoms with E-state index in [0.29, 0.717) is 0 Å². The third-order valence-corrected chi connectivity index (χ3v) is 2.44. The van der Waals surface area contributed by atoms with Gasteiger partial charge in [0, 0.05) is 0 Å². The zero-order chi connectivity index (χ0) is 7.98. The molecule has 0 aliphatic rings. The first-order valence-electron chi connectivity index (χ1n) is 3.63. The number of hydrogen-bond acceptors (Lipinski definition) is 2. The molecule has 1 atom stereocenters. The van der Waals surface area contributed by atoms with Crippen molar-refractivity contribution in [3.05, 3.63) is 0 Å². The fourth-order valence-corrected chi connectivity index (χ4v) is 1.74. The van der Waals surface area contributed by atoms with Gasteiger partial charge in [0.1, 0.15) is 0 Å². The van der Waals surface area contributed by atoms with Crippen molar-refractivity contribution in [3.8, 4) is 0 Å². The van der Waals surface area contributed by atoms with Crippen molar-refractivity contribution in [2.24, 2.45) is 5.73 Å². The third kappa shape index (κ3) is 3.77. The van der Waals surface area contributed by atoms with Gasteiger partial charge in [0.2, 0.25) is 5.91 Å². The van der Waals surface area contributed by atoms with Gasteiger partial charge in [-0.15, -0.1) is 11.8 Å². The maximum atomic E-state index is 10.7. The zero-order valence-corrected chi connectivity index (χ0v) is 7.41. The molecule has 0 rings (SSSR count). The summed E-state index contributed by atoms with van der Waals surface area (Å²) in [5.41, 5.74) is 5.15. The number of amides is 1. The Labute approximate surface area is 66.6 Å². The Morgan fingerprint density at radius 1 is 1.60 bits per heavy atom. The van der Waals surface area contributed by atoms with Gasteiger partial charge in [-0.25, -0.2) is 0 Å². The van der Waals surface area contributed by atoms with Crippen LogP contribution in [0.5, 0.6) is 0 Å².